The van der Waals surface area contributed by atoms with Crippen LogP contribution in [0.4, 0.5) is 0 Å². The summed E-state index contributed by atoms with van der Waals surface area (Å²) in [5, 5.41) is 6.05. The van der Waals surface area contributed by atoms with Gasteiger partial charge >= 0.3 is 0 Å². The summed E-state index contributed by atoms with van der Waals surface area (Å²) in [6.07, 6.45) is 6.39. The van der Waals surface area contributed by atoms with Crippen LogP contribution in [0.15, 0.2) is 70.6 Å². The Morgan fingerprint density at radius 3 is 2.63 bits per heavy atom. The standard InChI is InChI=1S/C26H28N2OS/c1-4-11-21-19(8-1)14-15-24(29-20-9-2-3-10-20)23(21)18-30-25-13-6-5-12-22(25)26-27-16-7-17-28-26/h1,4-6,8,11-15,20H,2-3,7,9-10,16-18H2,(H,27,28). The molecule has 5 rings (SSSR count). The summed E-state index contributed by atoms with van der Waals surface area (Å²) in [6.45, 7) is 1.91. The van der Waals surface area contributed by atoms with Crippen molar-refractivity contribution in [3.8, 4) is 5.75 Å². The van der Waals surface area contributed by atoms with Crippen LogP contribution >= 0.6 is 11.8 Å². The molecule has 1 fully saturated rings. The molecule has 30 heavy (non-hydrogen) atoms. The molecule has 1 aliphatic carbocycles. The maximum absolute atomic E-state index is 6.50. The predicted octanol–water partition coefficient (Wildman–Crippen LogP) is 6.19. The van der Waals surface area contributed by atoms with E-state index in [0.717, 1.165) is 36.8 Å². The van der Waals surface area contributed by atoms with Crippen LogP contribution in [-0.2, 0) is 5.75 Å². The van der Waals surface area contributed by atoms with Gasteiger partial charge in [-0.1, -0.05) is 48.5 Å². The third-order valence-electron chi connectivity index (χ3n) is 6.00. The van der Waals surface area contributed by atoms with E-state index in [4.69, 9.17) is 9.73 Å². The molecule has 3 aromatic rings. The first-order valence-corrected chi connectivity index (χ1v) is 12.0. The lowest BCUT2D eigenvalue weighted by atomic mass is 10.0. The Morgan fingerprint density at radius 1 is 0.933 bits per heavy atom. The van der Waals surface area contributed by atoms with Crippen molar-refractivity contribution in [2.45, 2.75) is 48.9 Å². The van der Waals surface area contributed by atoms with E-state index in [1.807, 2.05) is 11.8 Å². The largest absolute Gasteiger partial charge is 0.490 e. The lowest BCUT2D eigenvalue weighted by Gasteiger charge is -2.20. The average Bonchev–Trinajstić information content (AvgIpc) is 3.32. The van der Waals surface area contributed by atoms with Gasteiger partial charge in [0, 0.05) is 34.9 Å². The highest BCUT2D eigenvalue weighted by Gasteiger charge is 2.20. The van der Waals surface area contributed by atoms with Gasteiger partial charge in [-0.2, -0.15) is 0 Å². The van der Waals surface area contributed by atoms with Crippen LogP contribution in [0.1, 0.15) is 43.2 Å². The summed E-state index contributed by atoms with van der Waals surface area (Å²) >= 11 is 1.88. The molecule has 0 atom stereocenters. The lowest BCUT2D eigenvalue weighted by Crippen LogP contribution is -2.30. The third-order valence-corrected chi connectivity index (χ3v) is 7.10. The molecule has 2 aliphatic rings. The molecular formula is C26H28N2OS. The summed E-state index contributed by atoms with van der Waals surface area (Å²) in [7, 11) is 0. The first-order chi connectivity index (χ1) is 14.9. The van der Waals surface area contributed by atoms with Gasteiger partial charge in [-0.15, -0.1) is 11.8 Å². The SMILES string of the molecule is c1ccc(C2=NCCCN2)c(SCc2c(OC3CCCC3)ccc3ccccc23)c1. The summed E-state index contributed by atoms with van der Waals surface area (Å²) in [6, 6.07) is 21.6. The van der Waals surface area contributed by atoms with Gasteiger partial charge in [0.2, 0.25) is 0 Å². The van der Waals surface area contributed by atoms with E-state index in [2.05, 4.69) is 66.0 Å². The van der Waals surface area contributed by atoms with E-state index in [0.29, 0.717) is 6.10 Å². The third kappa shape index (κ3) is 4.20. The molecule has 154 valence electrons. The number of rotatable bonds is 6. The molecular weight excluding hydrogens is 388 g/mol. The minimum atomic E-state index is 0.364. The van der Waals surface area contributed by atoms with Gasteiger partial charge in [0.05, 0.1) is 6.10 Å². The van der Waals surface area contributed by atoms with Gasteiger partial charge in [0.15, 0.2) is 0 Å². The van der Waals surface area contributed by atoms with E-state index < -0.39 is 0 Å². The Balaban J connectivity index is 1.46. The fraction of sp³-hybridized carbons (Fsp3) is 0.346. The number of hydrogen-bond donors (Lipinski definition) is 1. The number of hydrogen-bond acceptors (Lipinski definition) is 4. The quantitative estimate of drug-likeness (QED) is 0.486. The van der Waals surface area contributed by atoms with Crippen molar-refractivity contribution in [3.63, 3.8) is 0 Å². The van der Waals surface area contributed by atoms with Crippen LogP contribution in [-0.4, -0.2) is 25.0 Å². The van der Waals surface area contributed by atoms with Crippen molar-refractivity contribution < 1.29 is 4.74 Å². The van der Waals surface area contributed by atoms with Crippen LogP contribution in [0.5, 0.6) is 5.75 Å². The minimum Gasteiger partial charge on any atom is -0.490 e. The van der Waals surface area contributed by atoms with E-state index in [1.54, 1.807) is 0 Å². The maximum Gasteiger partial charge on any atom is 0.129 e. The van der Waals surface area contributed by atoms with E-state index in [1.165, 1.54) is 52.5 Å². The Bertz CT molecular complexity index is 1060. The van der Waals surface area contributed by atoms with Crippen molar-refractivity contribution >= 4 is 28.4 Å². The van der Waals surface area contributed by atoms with E-state index in [-0.39, 0.29) is 0 Å². The summed E-state index contributed by atoms with van der Waals surface area (Å²) in [4.78, 5) is 5.99. The molecule has 1 saturated carbocycles. The Labute approximate surface area is 182 Å². The number of ether oxygens (including phenoxy) is 1. The number of amidine groups is 1. The molecule has 0 amide bonds. The van der Waals surface area contributed by atoms with Gasteiger partial charge in [-0.3, -0.25) is 4.99 Å². The van der Waals surface area contributed by atoms with Crippen LogP contribution < -0.4 is 10.1 Å². The second-order valence-electron chi connectivity index (χ2n) is 8.08. The predicted molar refractivity (Wildman–Crippen MR) is 127 cm³/mol. The van der Waals surface area contributed by atoms with Gasteiger partial charge in [0.25, 0.3) is 0 Å². The number of benzene rings is 3. The second-order valence-corrected chi connectivity index (χ2v) is 9.10. The van der Waals surface area contributed by atoms with Crippen LogP contribution in [0.3, 0.4) is 0 Å². The molecule has 0 unspecified atom stereocenters. The van der Waals surface area contributed by atoms with E-state index in [9.17, 15) is 0 Å². The summed E-state index contributed by atoms with van der Waals surface area (Å²) < 4.78 is 6.50. The number of fused-ring (bicyclic) bond motifs is 1. The van der Waals surface area contributed by atoms with Crippen LogP contribution in [0.2, 0.25) is 0 Å². The summed E-state index contributed by atoms with van der Waals surface area (Å²) in [5.41, 5.74) is 2.51. The highest BCUT2D eigenvalue weighted by Crippen LogP contribution is 2.36. The normalized spacial score (nSPS) is 17.0. The molecule has 3 aromatic carbocycles. The molecule has 3 nitrogen and oxygen atoms in total. The van der Waals surface area contributed by atoms with Gasteiger partial charge < -0.3 is 10.1 Å². The molecule has 0 aromatic heterocycles. The highest BCUT2D eigenvalue weighted by atomic mass is 32.2. The Morgan fingerprint density at radius 2 is 1.77 bits per heavy atom. The molecule has 0 bridgehead atoms. The van der Waals surface area contributed by atoms with E-state index >= 15 is 0 Å². The molecule has 1 N–H and O–H groups in total. The number of nitrogens with one attached hydrogen (secondary N) is 1. The molecule has 1 heterocycles. The van der Waals surface area contributed by atoms with Gasteiger partial charge in [-0.05, 0) is 55.0 Å². The molecule has 0 radical (unpaired) electrons. The second kappa shape index (κ2) is 9.13. The summed E-state index contributed by atoms with van der Waals surface area (Å²) in [5.74, 6) is 2.97. The minimum absolute atomic E-state index is 0.364. The van der Waals surface area contributed by atoms with Gasteiger partial charge in [0.1, 0.15) is 11.6 Å². The lowest BCUT2D eigenvalue weighted by molar-refractivity contribution is 0.209. The van der Waals surface area contributed by atoms with Crippen LogP contribution in [0.25, 0.3) is 10.8 Å². The Kier molecular flexibility index (Phi) is 5.94. The topological polar surface area (TPSA) is 33.6 Å². The fourth-order valence-electron chi connectivity index (χ4n) is 4.41. The van der Waals surface area contributed by atoms with Crippen molar-refractivity contribution in [1.82, 2.24) is 5.32 Å². The molecule has 0 spiro atoms. The number of aliphatic imine (C=N–C) groups is 1. The van der Waals surface area contributed by atoms with Crippen LogP contribution in [0, 0.1) is 0 Å². The van der Waals surface area contributed by atoms with Crippen molar-refractivity contribution in [1.29, 1.82) is 0 Å². The van der Waals surface area contributed by atoms with Crippen molar-refractivity contribution in [2.24, 2.45) is 4.99 Å². The highest BCUT2D eigenvalue weighted by molar-refractivity contribution is 7.98. The van der Waals surface area contributed by atoms with Crippen molar-refractivity contribution in [2.75, 3.05) is 13.1 Å². The maximum atomic E-state index is 6.50. The smallest absolute Gasteiger partial charge is 0.129 e. The molecule has 0 saturated heterocycles. The zero-order valence-electron chi connectivity index (χ0n) is 17.3. The molecule has 4 heteroatoms. The first-order valence-electron chi connectivity index (χ1n) is 11.1. The average molecular weight is 417 g/mol. The zero-order chi connectivity index (χ0) is 20.2. The molecule has 1 aliphatic heterocycles. The van der Waals surface area contributed by atoms with Gasteiger partial charge in [-0.25, -0.2) is 0 Å². The monoisotopic (exact) mass is 416 g/mol. The van der Waals surface area contributed by atoms with Crippen molar-refractivity contribution in [3.05, 3.63) is 71.8 Å². The zero-order valence-corrected chi connectivity index (χ0v) is 18.1. The number of thioether (sulfide) groups is 1. The fourth-order valence-corrected chi connectivity index (χ4v) is 5.50. The Hall–Kier alpha value is -2.46. The first kappa shape index (κ1) is 19.5. The number of nitrogens with zero attached hydrogens (tertiary/aromatic N) is 1.